The molecule has 0 saturated carbocycles. The molecule has 4 nitrogen and oxygen atoms in total. The van der Waals surface area contributed by atoms with Gasteiger partial charge < -0.3 is 10.6 Å². The van der Waals surface area contributed by atoms with Crippen LogP contribution >= 0.6 is 12.2 Å². The van der Waals surface area contributed by atoms with Gasteiger partial charge in [0.05, 0.1) is 0 Å². The van der Waals surface area contributed by atoms with E-state index in [-0.39, 0.29) is 0 Å². The molecule has 1 heterocycles. The first-order chi connectivity index (χ1) is 9.16. The van der Waals surface area contributed by atoms with E-state index in [9.17, 15) is 0 Å². The summed E-state index contributed by atoms with van der Waals surface area (Å²) in [6.45, 7) is 0.838. The molecule has 1 aromatic heterocycles. The molecule has 0 amide bonds. The highest BCUT2D eigenvalue weighted by Gasteiger charge is 2.06. The van der Waals surface area contributed by atoms with Crippen molar-refractivity contribution in [2.75, 3.05) is 18.5 Å². The topological polar surface area (TPSA) is 55.0 Å². The largest absolute Gasteiger partial charge is 0.388 e. The van der Waals surface area contributed by atoms with Gasteiger partial charge in [-0.15, -0.1) is 0 Å². The lowest BCUT2D eigenvalue weighted by atomic mass is 10.1. The van der Waals surface area contributed by atoms with Gasteiger partial charge in [-0.2, -0.15) is 0 Å². The highest BCUT2D eigenvalue weighted by atomic mass is 32.1. The molecule has 0 bridgehead atoms. The van der Waals surface area contributed by atoms with Crippen LogP contribution in [0.25, 0.3) is 0 Å². The van der Waals surface area contributed by atoms with Crippen LogP contribution in [-0.4, -0.2) is 28.5 Å². The summed E-state index contributed by atoms with van der Waals surface area (Å²) in [4.78, 5) is 10.9. The van der Waals surface area contributed by atoms with Crippen molar-refractivity contribution in [1.29, 1.82) is 0 Å². The monoisotopic (exact) mass is 272 g/mol. The van der Waals surface area contributed by atoms with Crippen molar-refractivity contribution in [2.24, 2.45) is 5.73 Å². The zero-order valence-electron chi connectivity index (χ0n) is 10.8. The van der Waals surface area contributed by atoms with Crippen LogP contribution in [0.2, 0.25) is 0 Å². The summed E-state index contributed by atoms with van der Waals surface area (Å²) in [6, 6.07) is 12.0. The Morgan fingerprint density at radius 3 is 2.68 bits per heavy atom. The molecule has 0 radical (unpaired) electrons. The van der Waals surface area contributed by atoms with Crippen molar-refractivity contribution in [3.05, 3.63) is 53.9 Å². The summed E-state index contributed by atoms with van der Waals surface area (Å²) in [5.74, 6) is 0.640. The number of hydrogen-bond acceptors (Lipinski definition) is 4. The molecule has 1 aromatic carbocycles. The second kappa shape index (κ2) is 6.24. The lowest BCUT2D eigenvalue weighted by Gasteiger charge is -2.17. The third-order valence-electron chi connectivity index (χ3n) is 2.82. The zero-order valence-corrected chi connectivity index (χ0v) is 11.6. The van der Waals surface area contributed by atoms with Gasteiger partial charge in [0.1, 0.15) is 10.7 Å². The number of benzene rings is 1. The van der Waals surface area contributed by atoms with Crippen LogP contribution in [0.3, 0.4) is 0 Å². The number of thiocarbonyl (C=S) groups is 1. The summed E-state index contributed by atoms with van der Waals surface area (Å²) in [7, 11) is 1.96. The molecule has 0 saturated heterocycles. The van der Waals surface area contributed by atoms with E-state index in [0.29, 0.717) is 16.6 Å². The van der Waals surface area contributed by atoms with E-state index in [4.69, 9.17) is 18.0 Å². The van der Waals surface area contributed by atoms with Gasteiger partial charge in [-0.1, -0.05) is 42.5 Å². The van der Waals surface area contributed by atoms with Crippen LogP contribution in [0.15, 0.2) is 42.6 Å². The fourth-order valence-electron chi connectivity index (χ4n) is 1.71. The summed E-state index contributed by atoms with van der Waals surface area (Å²) in [6.07, 6.45) is 2.62. The van der Waals surface area contributed by atoms with Crippen molar-refractivity contribution in [3.63, 3.8) is 0 Å². The van der Waals surface area contributed by atoms with Crippen LogP contribution in [0.4, 0.5) is 5.95 Å². The Morgan fingerprint density at radius 1 is 1.26 bits per heavy atom. The highest BCUT2D eigenvalue weighted by molar-refractivity contribution is 7.80. The second-order valence-electron chi connectivity index (χ2n) is 4.26. The van der Waals surface area contributed by atoms with E-state index in [0.717, 1.165) is 13.0 Å². The van der Waals surface area contributed by atoms with Gasteiger partial charge in [0, 0.05) is 19.8 Å². The van der Waals surface area contributed by atoms with Gasteiger partial charge in [0.25, 0.3) is 0 Å². The molecule has 2 N–H and O–H groups in total. The Balaban J connectivity index is 2.02. The van der Waals surface area contributed by atoms with E-state index in [2.05, 4.69) is 22.1 Å². The normalized spacial score (nSPS) is 10.2. The fourth-order valence-corrected chi connectivity index (χ4v) is 1.82. The molecular formula is C14H16N4S. The van der Waals surface area contributed by atoms with Crippen LogP contribution < -0.4 is 10.6 Å². The predicted octanol–water partition coefficient (Wildman–Crippen LogP) is 1.79. The summed E-state index contributed by atoms with van der Waals surface area (Å²) < 4.78 is 0. The summed E-state index contributed by atoms with van der Waals surface area (Å²) >= 11 is 4.92. The number of likely N-dealkylation sites (N-methyl/N-ethyl adjacent to an activating group) is 1. The Hall–Kier alpha value is -2.01. The maximum Gasteiger partial charge on any atom is 0.225 e. The number of nitrogens with two attached hydrogens (primary N) is 1. The second-order valence-corrected chi connectivity index (χ2v) is 4.70. The first kappa shape index (κ1) is 13.4. The van der Waals surface area contributed by atoms with E-state index in [1.54, 1.807) is 12.3 Å². The third-order valence-corrected chi connectivity index (χ3v) is 3.02. The number of aromatic nitrogens is 2. The maximum absolute atomic E-state index is 5.57. The fraction of sp³-hybridized carbons (Fsp3) is 0.214. The van der Waals surface area contributed by atoms with Gasteiger partial charge >= 0.3 is 0 Å². The third kappa shape index (κ3) is 3.72. The Morgan fingerprint density at radius 2 is 2.00 bits per heavy atom. The quantitative estimate of drug-likeness (QED) is 0.841. The molecule has 0 unspecified atom stereocenters. The Bertz CT molecular complexity index is 556. The number of rotatable bonds is 5. The van der Waals surface area contributed by atoms with Crippen LogP contribution in [0.1, 0.15) is 11.3 Å². The molecular weight excluding hydrogens is 256 g/mol. The number of anilines is 1. The van der Waals surface area contributed by atoms with Crippen LogP contribution in [0, 0.1) is 0 Å². The van der Waals surface area contributed by atoms with E-state index in [1.165, 1.54) is 5.56 Å². The number of hydrogen-bond donors (Lipinski definition) is 1. The standard InChI is InChI=1S/C14H16N4S/c1-18(10-8-11-5-3-2-4-6-11)14-16-9-7-12(17-14)13(15)19/h2-7,9H,8,10H2,1H3,(H2,15,19). The lowest BCUT2D eigenvalue weighted by Crippen LogP contribution is -2.24. The SMILES string of the molecule is CN(CCc1ccccc1)c1nccc(C(N)=S)n1. The Kier molecular flexibility index (Phi) is 4.41. The molecule has 0 aliphatic carbocycles. The Labute approximate surface area is 118 Å². The van der Waals surface area contributed by atoms with Crippen molar-refractivity contribution in [3.8, 4) is 0 Å². The minimum atomic E-state index is 0.292. The average molecular weight is 272 g/mol. The predicted molar refractivity (Wildman–Crippen MR) is 81.3 cm³/mol. The molecule has 0 aliphatic rings. The van der Waals surface area contributed by atoms with Gasteiger partial charge in [0.15, 0.2) is 0 Å². The van der Waals surface area contributed by atoms with Gasteiger partial charge in [-0.25, -0.2) is 9.97 Å². The molecule has 0 spiro atoms. The van der Waals surface area contributed by atoms with Gasteiger partial charge in [-0.05, 0) is 18.1 Å². The summed E-state index contributed by atoms with van der Waals surface area (Å²) in [5.41, 5.74) is 7.47. The van der Waals surface area contributed by atoms with Crippen molar-refractivity contribution in [1.82, 2.24) is 9.97 Å². The summed E-state index contributed by atoms with van der Waals surface area (Å²) in [5, 5.41) is 0. The molecule has 0 aliphatic heterocycles. The molecule has 0 fully saturated rings. The van der Waals surface area contributed by atoms with Crippen LogP contribution in [0.5, 0.6) is 0 Å². The molecule has 2 aromatic rings. The smallest absolute Gasteiger partial charge is 0.225 e. The lowest BCUT2D eigenvalue weighted by molar-refractivity contribution is 0.836. The minimum Gasteiger partial charge on any atom is -0.388 e. The van der Waals surface area contributed by atoms with E-state index >= 15 is 0 Å². The zero-order chi connectivity index (χ0) is 13.7. The van der Waals surface area contributed by atoms with E-state index in [1.807, 2.05) is 30.1 Å². The van der Waals surface area contributed by atoms with Crippen molar-refractivity contribution < 1.29 is 0 Å². The molecule has 98 valence electrons. The van der Waals surface area contributed by atoms with Gasteiger partial charge in [0.2, 0.25) is 5.95 Å². The van der Waals surface area contributed by atoms with Crippen LogP contribution in [-0.2, 0) is 6.42 Å². The first-order valence-electron chi connectivity index (χ1n) is 6.05. The highest BCUT2D eigenvalue weighted by Crippen LogP contribution is 2.07. The molecule has 2 rings (SSSR count). The van der Waals surface area contributed by atoms with Gasteiger partial charge in [-0.3, -0.25) is 0 Å². The maximum atomic E-state index is 5.57. The average Bonchev–Trinajstić information content (AvgIpc) is 2.46. The van der Waals surface area contributed by atoms with Crippen molar-refractivity contribution in [2.45, 2.75) is 6.42 Å². The molecule has 0 atom stereocenters. The first-order valence-corrected chi connectivity index (χ1v) is 6.45. The molecule has 5 heteroatoms. The van der Waals surface area contributed by atoms with Crippen molar-refractivity contribution >= 4 is 23.2 Å². The minimum absolute atomic E-state index is 0.292. The van der Waals surface area contributed by atoms with E-state index < -0.39 is 0 Å². The number of nitrogens with zero attached hydrogens (tertiary/aromatic N) is 3. The molecule has 19 heavy (non-hydrogen) atoms.